The van der Waals surface area contributed by atoms with Crippen molar-refractivity contribution in [3.8, 4) is 0 Å². The highest BCUT2D eigenvalue weighted by molar-refractivity contribution is 5.74. The second-order valence-electron chi connectivity index (χ2n) is 13.8. The number of piperidine rings is 1. The largest absolute Gasteiger partial charge is 0.480 e. The summed E-state index contributed by atoms with van der Waals surface area (Å²) in [4.78, 5) is 17.5. The van der Waals surface area contributed by atoms with Crippen LogP contribution < -0.4 is 0 Å². The van der Waals surface area contributed by atoms with Gasteiger partial charge < -0.3 is 10.0 Å². The summed E-state index contributed by atoms with van der Waals surface area (Å²) in [5.41, 5.74) is 5.24. The lowest BCUT2D eigenvalue weighted by Crippen LogP contribution is -2.46. The number of benzene rings is 2. The number of carboxylic acids is 1. The van der Waals surface area contributed by atoms with E-state index in [4.69, 9.17) is 5.10 Å². The molecule has 45 heavy (non-hydrogen) atoms. The van der Waals surface area contributed by atoms with Gasteiger partial charge in [0, 0.05) is 56.2 Å². The Kier molecular flexibility index (Phi) is 10.0. The van der Waals surface area contributed by atoms with E-state index in [1.807, 2.05) is 0 Å². The third kappa shape index (κ3) is 7.49. The number of nitrogens with zero attached hydrogens (tertiary/aromatic N) is 4. The molecule has 6 nitrogen and oxygen atoms in total. The SMILES string of the molecule is CCn1nc(Cc2cc(F)cc(F)c2)cc1C1CCN(C[C@H]2CN([C@@H](C(=O)O)C3CCCCC3)C[C@@H]2c2cccc(C)c2)CC1. The molecule has 6 rings (SSSR count). The number of aliphatic carboxylic acids is 1. The number of carboxylic acid groups (broad SMARTS) is 1. The molecule has 0 bridgehead atoms. The quantitative estimate of drug-likeness (QED) is 0.265. The Bertz CT molecular complexity index is 1440. The molecule has 2 aliphatic heterocycles. The summed E-state index contributed by atoms with van der Waals surface area (Å²) in [6, 6.07) is 14.2. The van der Waals surface area contributed by atoms with Crippen molar-refractivity contribution in [2.45, 2.75) is 89.6 Å². The Labute approximate surface area is 266 Å². The van der Waals surface area contributed by atoms with E-state index in [9.17, 15) is 18.7 Å². The maximum Gasteiger partial charge on any atom is 0.321 e. The molecule has 0 radical (unpaired) electrons. The maximum atomic E-state index is 13.8. The highest BCUT2D eigenvalue weighted by atomic mass is 19.1. The zero-order valence-corrected chi connectivity index (χ0v) is 26.8. The molecule has 1 aliphatic carbocycles. The molecule has 3 fully saturated rings. The van der Waals surface area contributed by atoms with Gasteiger partial charge in [-0.15, -0.1) is 0 Å². The van der Waals surface area contributed by atoms with Crippen molar-refractivity contribution in [3.05, 3.63) is 88.2 Å². The first-order valence-corrected chi connectivity index (χ1v) is 17.0. The van der Waals surface area contributed by atoms with E-state index in [2.05, 4.69) is 58.7 Å². The zero-order valence-electron chi connectivity index (χ0n) is 26.8. The van der Waals surface area contributed by atoms with E-state index in [1.54, 1.807) is 0 Å². The molecule has 2 saturated heterocycles. The van der Waals surface area contributed by atoms with Gasteiger partial charge in [-0.3, -0.25) is 14.4 Å². The van der Waals surface area contributed by atoms with Crippen LogP contribution in [-0.2, 0) is 17.8 Å². The number of rotatable bonds is 10. The molecule has 1 saturated carbocycles. The molecule has 242 valence electrons. The van der Waals surface area contributed by atoms with Crippen molar-refractivity contribution >= 4 is 5.97 Å². The number of halogens is 2. The van der Waals surface area contributed by atoms with Gasteiger partial charge in [-0.2, -0.15) is 5.10 Å². The summed E-state index contributed by atoms with van der Waals surface area (Å²) in [5.74, 6) is -0.428. The first kappa shape index (κ1) is 31.9. The van der Waals surface area contributed by atoms with Crippen molar-refractivity contribution in [2.24, 2.45) is 11.8 Å². The Morgan fingerprint density at radius 2 is 1.71 bits per heavy atom. The second kappa shape index (κ2) is 14.1. The number of hydrogen-bond donors (Lipinski definition) is 1. The molecule has 1 N–H and O–H groups in total. The average molecular weight is 619 g/mol. The van der Waals surface area contributed by atoms with Gasteiger partial charge in [-0.1, -0.05) is 49.1 Å². The van der Waals surface area contributed by atoms with Gasteiger partial charge in [-0.05, 0) is 93.8 Å². The lowest BCUT2D eigenvalue weighted by atomic mass is 9.83. The van der Waals surface area contributed by atoms with Gasteiger partial charge in [0.1, 0.15) is 17.7 Å². The molecule has 3 aromatic rings. The third-order valence-electron chi connectivity index (χ3n) is 10.6. The number of likely N-dealkylation sites (tertiary alicyclic amines) is 2. The Morgan fingerprint density at radius 1 is 0.978 bits per heavy atom. The first-order chi connectivity index (χ1) is 21.8. The van der Waals surface area contributed by atoms with Crippen LogP contribution in [0.25, 0.3) is 0 Å². The van der Waals surface area contributed by atoms with E-state index in [-0.39, 0.29) is 12.0 Å². The summed E-state index contributed by atoms with van der Waals surface area (Å²) in [5, 5.41) is 15.2. The molecule has 1 aromatic heterocycles. The van der Waals surface area contributed by atoms with E-state index < -0.39 is 17.6 Å². The normalized spacial score (nSPS) is 23.0. The highest BCUT2D eigenvalue weighted by Crippen LogP contribution is 2.39. The fourth-order valence-electron chi connectivity index (χ4n) is 8.52. The van der Waals surface area contributed by atoms with Crippen LogP contribution in [0, 0.1) is 30.4 Å². The standard InChI is InChI=1S/C37H48F2N4O2/c1-3-43-35(21-33(40-43)19-26-17-31(38)20-32(39)18-26)27-12-14-41(15-13-27)22-30-23-42(24-34(30)29-11-7-8-25(2)16-29)36(37(44)45)28-9-5-4-6-10-28/h7-8,11,16-18,20-21,27-28,30,34,36H,3-6,9-10,12-15,19,22-24H2,1-2H3,(H,44,45)/t30-,34+,36+/m0/s1. The lowest BCUT2D eigenvalue weighted by Gasteiger charge is -2.35. The smallest absolute Gasteiger partial charge is 0.321 e. The van der Waals surface area contributed by atoms with E-state index in [0.717, 1.165) is 89.6 Å². The molecular weight excluding hydrogens is 570 g/mol. The lowest BCUT2D eigenvalue weighted by molar-refractivity contribution is -0.145. The molecule has 0 amide bonds. The van der Waals surface area contributed by atoms with Gasteiger partial charge in [0.2, 0.25) is 0 Å². The minimum absolute atomic E-state index is 0.247. The molecule has 0 unspecified atom stereocenters. The van der Waals surface area contributed by atoms with Crippen molar-refractivity contribution in [3.63, 3.8) is 0 Å². The predicted molar refractivity (Wildman–Crippen MR) is 172 cm³/mol. The molecule has 3 aliphatic rings. The van der Waals surface area contributed by atoms with Crippen LogP contribution in [0.1, 0.15) is 91.8 Å². The zero-order chi connectivity index (χ0) is 31.5. The van der Waals surface area contributed by atoms with E-state index in [0.29, 0.717) is 29.7 Å². The minimum Gasteiger partial charge on any atom is -0.480 e. The summed E-state index contributed by atoms with van der Waals surface area (Å²) < 4.78 is 29.6. The van der Waals surface area contributed by atoms with Crippen LogP contribution in [-0.4, -0.2) is 69.4 Å². The van der Waals surface area contributed by atoms with E-state index >= 15 is 0 Å². The Morgan fingerprint density at radius 3 is 2.38 bits per heavy atom. The number of aromatic nitrogens is 2. The fraction of sp³-hybridized carbons (Fsp3) is 0.568. The average Bonchev–Trinajstić information content (AvgIpc) is 3.61. The highest BCUT2D eigenvalue weighted by Gasteiger charge is 2.43. The minimum atomic E-state index is -0.652. The number of hydrogen-bond acceptors (Lipinski definition) is 4. The molecule has 0 spiro atoms. The van der Waals surface area contributed by atoms with Gasteiger partial charge >= 0.3 is 5.97 Å². The van der Waals surface area contributed by atoms with Gasteiger partial charge in [0.05, 0.1) is 5.69 Å². The maximum absolute atomic E-state index is 13.8. The van der Waals surface area contributed by atoms with E-state index in [1.165, 1.54) is 35.4 Å². The molecular formula is C37H48F2N4O2. The van der Waals surface area contributed by atoms with Crippen LogP contribution in [0.3, 0.4) is 0 Å². The first-order valence-electron chi connectivity index (χ1n) is 17.0. The number of carbonyl (C=O) groups is 1. The Balaban J connectivity index is 1.13. The second-order valence-corrected chi connectivity index (χ2v) is 13.8. The third-order valence-corrected chi connectivity index (χ3v) is 10.6. The summed E-state index contributed by atoms with van der Waals surface area (Å²) in [6.45, 7) is 9.59. The fourth-order valence-corrected chi connectivity index (χ4v) is 8.52. The predicted octanol–water partition coefficient (Wildman–Crippen LogP) is 7.01. The number of aryl methyl sites for hydroxylation is 2. The van der Waals surface area contributed by atoms with Crippen molar-refractivity contribution in [1.82, 2.24) is 19.6 Å². The van der Waals surface area contributed by atoms with Gasteiger partial charge in [0.25, 0.3) is 0 Å². The topological polar surface area (TPSA) is 61.6 Å². The van der Waals surface area contributed by atoms with Crippen molar-refractivity contribution < 1.29 is 18.7 Å². The summed E-state index contributed by atoms with van der Waals surface area (Å²) >= 11 is 0. The molecule has 3 atom stereocenters. The van der Waals surface area contributed by atoms with Crippen molar-refractivity contribution in [1.29, 1.82) is 0 Å². The molecule has 3 heterocycles. The van der Waals surface area contributed by atoms with Gasteiger partial charge in [0.15, 0.2) is 0 Å². The van der Waals surface area contributed by atoms with Crippen LogP contribution in [0.5, 0.6) is 0 Å². The Hall–Kier alpha value is -3.10. The van der Waals surface area contributed by atoms with Crippen LogP contribution in [0.2, 0.25) is 0 Å². The molecule has 8 heteroatoms. The van der Waals surface area contributed by atoms with Crippen LogP contribution in [0.4, 0.5) is 8.78 Å². The summed E-state index contributed by atoms with van der Waals surface area (Å²) in [7, 11) is 0. The van der Waals surface area contributed by atoms with Crippen LogP contribution in [0.15, 0.2) is 48.5 Å². The van der Waals surface area contributed by atoms with Crippen molar-refractivity contribution in [2.75, 3.05) is 32.7 Å². The molecule has 2 aromatic carbocycles. The van der Waals surface area contributed by atoms with Gasteiger partial charge in [-0.25, -0.2) is 8.78 Å². The summed E-state index contributed by atoms with van der Waals surface area (Å²) in [6.07, 6.45) is 8.03. The monoisotopic (exact) mass is 618 g/mol. The van der Waals surface area contributed by atoms with Crippen LogP contribution >= 0.6 is 0 Å².